The van der Waals surface area contributed by atoms with Crippen LogP contribution >= 0.6 is 0 Å². The van der Waals surface area contributed by atoms with E-state index in [2.05, 4.69) is 4.79 Å². The summed E-state index contributed by atoms with van der Waals surface area (Å²) in [5, 5.41) is -0.658. The van der Waals surface area contributed by atoms with Gasteiger partial charge in [-0.25, -0.2) is 8.42 Å². The van der Waals surface area contributed by atoms with E-state index in [9.17, 15) is 22.7 Å². The molecule has 0 aliphatic heterocycles. The van der Waals surface area contributed by atoms with E-state index >= 15 is 0 Å². The third-order valence-corrected chi connectivity index (χ3v) is 8.38. The lowest BCUT2D eigenvalue weighted by molar-refractivity contribution is -0.00760. The molecule has 0 saturated heterocycles. The predicted octanol–water partition coefficient (Wildman–Crippen LogP) is 2.60. The van der Waals surface area contributed by atoms with Gasteiger partial charge in [-0.1, -0.05) is 25.3 Å². The van der Waals surface area contributed by atoms with Crippen LogP contribution < -0.4 is 0 Å². The summed E-state index contributed by atoms with van der Waals surface area (Å²) in [6.45, 7) is 5.35. The highest BCUT2D eigenvalue weighted by Crippen LogP contribution is 2.37. The molecule has 0 heterocycles. The molecule has 0 aromatic heterocycles. The van der Waals surface area contributed by atoms with Crippen molar-refractivity contribution in [2.75, 3.05) is 0 Å². The molecule has 0 radical (unpaired) electrons. The van der Waals surface area contributed by atoms with E-state index in [1.165, 1.54) is 6.07 Å². The Bertz CT molecular complexity index is 834. The molecule has 1 aromatic carbocycles. The van der Waals surface area contributed by atoms with Gasteiger partial charge in [-0.2, -0.15) is 4.79 Å². The first kappa shape index (κ1) is 19.0. The summed E-state index contributed by atoms with van der Waals surface area (Å²) in [6.07, 6.45) is 2.28. The first-order valence-electron chi connectivity index (χ1n) is 7.82. The molecule has 1 aromatic rings. The van der Waals surface area contributed by atoms with Crippen molar-refractivity contribution in [2.24, 2.45) is 0 Å². The smallest absolute Gasteiger partial charge is 0.403 e. The van der Waals surface area contributed by atoms with Crippen molar-refractivity contribution in [2.45, 2.75) is 62.5 Å². The summed E-state index contributed by atoms with van der Waals surface area (Å²) in [7, 11) is -4.22. The minimum absolute atomic E-state index is 0.00574. The van der Waals surface area contributed by atoms with Crippen molar-refractivity contribution in [3.05, 3.63) is 34.4 Å². The van der Waals surface area contributed by atoms with Gasteiger partial charge in [0.15, 0.2) is 0 Å². The lowest BCUT2D eigenvalue weighted by Gasteiger charge is -2.34. The zero-order valence-electron chi connectivity index (χ0n) is 14.0. The van der Waals surface area contributed by atoms with Crippen LogP contribution in [0.3, 0.4) is 0 Å². The third-order valence-electron chi connectivity index (χ3n) is 5.01. The van der Waals surface area contributed by atoms with Crippen LogP contribution in [0.5, 0.6) is 0 Å². The molecule has 1 aliphatic rings. The molecule has 6 nitrogen and oxygen atoms in total. The summed E-state index contributed by atoms with van der Waals surface area (Å²) in [5.74, 6) is 0. The molecule has 1 atom stereocenters. The molecule has 1 unspecified atom stereocenters. The van der Waals surface area contributed by atoms with Crippen molar-refractivity contribution in [1.29, 1.82) is 0 Å². The maximum absolute atomic E-state index is 13.1. The van der Waals surface area contributed by atoms with Gasteiger partial charge in [-0.15, -0.1) is 0 Å². The average Bonchev–Trinajstić information content (AvgIpc) is 2.53. The Hall–Kier alpha value is -1.34. The molecule has 24 heavy (non-hydrogen) atoms. The lowest BCUT2D eigenvalue weighted by atomic mass is 9.89. The van der Waals surface area contributed by atoms with Crippen molar-refractivity contribution < 1.29 is 22.0 Å². The molecule has 2 rings (SSSR count). The van der Waals surface area contributed by atoms with Crippen molar-refractivity contribution >= 4 is 26.0 Å². The van der Waals surface area contributed by atoms with Crippen molar-refractivity contribution in [3.8, 4) is 0 Å². The highest BCUT2D eigenvalue weighted by molar-refractivity contribution is 8.08. The van der Waals surface area contributed by atoms with Crippen LogP contribution in [0.25, 0.3) is 5.53 Å². The maximum atomic E-state index is 13.1. The van der Waals surface area contributed by atoms with E-state index in [0.717, 1.165) is 17.5 Å². The molecule has 1 aliphatic carbocycles. The van der Waals surface area contributed by atoms with Crippen molar-refractivity contribution in [1.82, 2.24) is 0 Å². The van der Waals surface area contributed by atoms with Gasteiger partial charge in [0.2, 0.25) is 0 Å². The van der Waals surface area contributed by atoms with E-state index < -0.39 is 30.7 Å². The molecule has 132 valence electrons. The minimum Gasteiger partial charge on any atom is -0.771 e. The highest BCUT2D eigenvalue weighted by atomic mass is 32.2. The average molecular weight is 369 g/mol. The summed E-state index contributed by atoms with van der Waals surface area (Å²) in [5.41, 5.74) is 11.7. The van der Waals surface area contributed by atoms with Gasteiger partial charge in [0.05, 0.1) is 4.90 Å². The molecule has 0 spiro atoms. The second-order valence-electron chi connectivity index (χ2n) is 6.33. The number of nitrogens with zero attached hydrogens (tertiary/aromatic N) is 2. The van der Waals surface area contributed by atoms with Gasteiger partial charge in [0.25, 0.3) is 9.84 Å². The predicted molar refractivity (Wildman–Crippen MR) is 91.2 cm³/mol. The first-order chi connectivity index (χ1) is 11.2. The van der Waals surface area contributed by atoms with E-state index in [-0.39, 0.29) is 17.7 Å². The number of hydrogen-bond donors (Lipinski definition) is 0. The monoisotopic (exact) mass is 369 g/mol. The number of benzene rings is 1. The number of aryl methyl sites for hydroxylation is 1. The molecule has 0 N–H and O–H groups in total. The zero-order chi connectivity index (χ0) is 18.1. The SMILES string of the molecule is Cc1ccc(S(=O)(=O)C(=[N+]=[N-])C2(S(=O)[O-])CCCCC2)c(C)c1C. The van der Waals surface area contributed by atoms with Crippen LogP contribution in [-0.2, 0) is 20.9 Å². The Labute approximate surface area is 145 Å². The molecule has 8 heteroatoms. The van der Waals surface area contributed by atoms with Crippen LogP contribution in [0.2, 0.25) is 0 Å². The number of rotatable bonds is 3. The molecule has 1 fully saturated rings. The summed E-state index contributed by atoms with van der Waals surface area (Å²) in [6, 6.07) is 3.12. The van der Waals surface area contributed by atoms with Gasteiger partial charge in [-0.3, -0.25) is 4.21 Å². The summed E-state index contributed by atoms with van der Waals surface area (Å²) in [4.78, 5) is 2.98. The van der Waals surface area contributed by atoms with Gasteiger partial charge in [-0.05, 0) is 67.5 Å². The van der Waals surface area contributed by atoms with Crippen LogP contribution in [0.1, 0.15) is 48.8 Å². The molecule has 1 saturated carbocycles. The summed E-state index contributed by atoms with van der Waals surface area (Å²) < 4.78 is 48.3. The number of sulfone groups is 1. The fourth-order valence-corrected chi connectivity index (χ4v) is 6.44. The summed E-state index contributed by atoms with van der Waals surface area (Å²) >= 11 is -2.70. The molecular weight excluding hydrogens is 348 g/mol. The van der Waals surface area contributed by atoms with E-state index in [4.69, 9.17) is 0 Å². The van der Waals surface area contributed by atoms with Gasteiger partial charge in [0, 0.05) is 0 Å². The number of hydrogen-bond acceptors (Lipinski definition) is 4. The van der Waals surface area contributed by atoms with E-state index in [1.54, 1.807) is 13.0 Å². The maximum Gasteiger partial charge on any atom is 0.403 e. The van der Waals surface area contributed by atoms with Crippen molar-refractivity contribution in [3.63, 3.8) is 0 Å². The topological polar surface area (TPSA) is 111 Å². The fraction of sp³-hybridized carbons (Fsp3) is 0.562. The van der Waals surface area contributed by atoms with E-state index in [1.807, 2.05) is 13.8 Å². The minimum atomic E-state index is -4.22. The van der Waals surface area contributed by atoms with E-state index in [0.29, 0.717) is 18.4 Å². The van der Waals surface area contributed by atoms with Crippen LogP contribution in [-0.4, -0.2) is 31.8 Å². The fourth-order valence-electron chi connectivity index (χ4n) is 3.29. The molecular formula is C16H21N2O4S2-. The standard InChI is InChI=1S/C16H22N2O4S2/c1-11-7-8-14(13(3)12(11)2)24(21,22)15(18-17)16(23(19)20)9-5-4-6-10-16/h7-8H,4-6,9-10H2,1-3H3,(H,19,20)/p-1. The van der Waals surface area contributed by atoms with Crippen LogP contribution in [0.4, 0.5) is 0 Å². The molecule has 0 bridgehead atoms. The second-order valence-corrected chi connectivity index (χ2v) is 9.41. The Morgan fingerprint density at radius 3 is 2.25 bits per heavy atom. The third kappa shape index (κ3) is 2.99. The lowest BCUT2D eigenvalue weighted by Crippen LogP contribution is -2.49. The highest BCUT2D eigenvalue weighted by Gasteiger charge is 2.52. The Morgan fingerprint density at radius 1 is 1.17 bits per heavy atom. The first-order valence-corrected chi connectivity index (χ1v) is 10.4. The normalized spacial score (nSPS) is 18.7. The Morgan fingerprint density at radius 2 is 1.75 bits per heavy atom. The van der Waals surface area contributed by atoms with Gasteiger partial charge in [0.1, 0.15) is 4.75 Å². The zero-order valence-corrected chi connectivity index (χ0v) is 15.7. The largest absolute Gasteiger partial charge is 0.771 e. The molecule has 0 amide bonds. The second kappa shape index (κ2) is 6.88. The Balaban J connectivity index is 2.68. The van der Waals surface area contributed by atoms with Crippen LogP contribution in [0, 0.1) is 20.8 Å². The van der Waals surface area contributed by atoms with Gasteiger partial charge >= 0.3 is 5.04 Å². The van der Waals surface area contributed by atoms with Gasteiger partial charge < -0.3 is 10.1 Å². The van der Waals surface area contributed by atoms with Crippen LogP contribution in [0.15, 0.2) is 17.0 Å². The quantitative estimate of drug-likeness (QED) is 0.268. The Kier molecular flexibility index (Phi) is 5.44.